The smallest absolute Gasteiger partial charge is 0.317 e. The highest BCUT2D eigenvalue weighted by molar-refractivity contribution is 6.14. The first-order chi connectivity index (χ1) is 22.8. The SMILES string of the molecule is CCCN(C[C@]1(O)CC[C@H]2[C@]34C=C[C@@]5(C=C3C(=O)c3ccccc3-c3ccccc3)CC(O)CC[C@]5(C)[C@H]4CC[C@@]21C)C(=O)NC(C)C. The van der Waals surface area contributed by atoms with E-state index in [2.05, 4.69) is 56.4 Å². The first-order valence-corrected chi connectivity index (χ1v) is 18.4. The number of carbonyl (C=O) groups is 2. The van der Waals surface area contributed by atoms with E-state index in [1.54, 1.807) is 0 Å². The van der Waals surface area contributed by atoms with Crippen molar-refractivity contribution in [3.63, 3.8) is 0 Å². The monoisotopic (exact) mass is 650 g/mol. The molecule has 2 spiro atoms. The number of rotatable bonds is 8. The first kappa shape index (κ1) is 33.3. The topological polar surface area (TPSA) is 89.9 Å². The Bertz CT molecular complexity index is 1650. The van der Waals surface area contributed by atoms with Crippen LogP contribution >= 0.6 is 0 Å². The van der Waals surface area contributed by atoms with Crippen LogP contribution in [0.2, 0.25) is 0 Å². The minimum Gasteiger partial charge on any atom is -0.393 e. The molecule has 0 saturated heterocycles. The van der Waals surface area contributed by atoms with Crippen molar-refractivity contribution >= 4 is 11.8 Å². The molecule has 6 aliphatic carbocycles. The highest BCUT2D eigenvalue weighted by Crippen LogP contribution is 2.78. The molecule has 6 aliphatic rings. The molecule has 1 unspecified atom stereocenters. The fourth-order valence-corrected chi connectivity index (χ4v) is 11.5. The van der Waals surface area contributed by atoms with E-state index < -0.39 is 22.5 Å². The highest BCUT2D eigenvalue weighted by atomic mass is 16.3. The second kappa shape index (κ2) is 11.7. The van der Waals surface area contributed by atoms with Gasteiger partial charge in [0, 0.05) is 40.0 Å². The molecule has 8 atom stereocenters. The van der Waals surface area contributed by atoms with Crippen LogP contribution in [0.5, 0.6) is 0 Å². The summed E-state index contributed by atoms with van der Waals surface area (Å²) in [4.78, 5) is 30.5. The third-order valence-corrected chi connectivity index (χ3v) is 13.9. The van der Waals surface area contributed by atoms with Gasteiger partial charge in [-0.25, -0.2) is 4.79 Å². The Balaban J connectivity index is 1.36. The maximum absolute atomic E-state index is 15.3. The Morgan fingerprint density at radius 3 is 2.31 bits per heavy atom. The standard InChI is InChI=1S/C42H54N2O4/c1-6-24-44(37(47)43-28(2)3)27-41(48)21-18-35-39(41,5)20-17-34-38(4)19-16-30(45)25-40(38)22-23-42(34,35)33(26-40)36(46)32-15-11-10-14-31(32)29-12-8-7-9-13-29/h7-15,22-23,26,28,30,34-35,45,48H,6,16-21,24-25,27H2,1-5H3,(H,43,47)/t30?,34-,35-,38-,39+,40+,41-,42-/m1/s1. The molecule has 2 aromatic carbocycles. The number of fused-ring (bicyclic) bond motifs is 1. The lowest BCUT2D eigenvalue weighted by atomic mass is 9.32. The summed E-state index contributed by atoms with van der Waals surface area (Å²) >= 11 is 0. The van der Waals surface area contributed by atoms with Gasteiger partial charge < -0.3 is 20.4 Å². The summed E-state index contributed by atoms with van der Waals surface area (Å²) in [5.74, 6) is 0.309. The summed E-state index contributed by atoms with van der Waals surface area (Å²) < 4.78 is 0. The van der Waals surface area contributed by atoms with Crippen molar-refractivity contribution in [1.29, 1.82) is 0 Å². The third kappa shape index (κ3) is 4.65. The predicted molar refractivity (Wildman–Crippen MR) is 190 cm³/mol. The minimum absolute atomic E-state index is 0.00912. The maximum Gasteiger partial charge on any atom is 0.317 e. The summed E-state index contributed by atoms with van der Waals surface area (Å²) in [6, 6.07) is 18.0. The highest BCUT2D eigenvalue weighted by Gasteiger charge is 2.74. The van der Waals surface area contributed by atoms with Crippen molar-refractivity contribution in [1.82, 2.24) is 10.2 Å². The number of Topliss-reactive ketones (excluding diaryl/α,β-unsaturated/α-hetero) is 1. The van der Waals surface area contributed by atoms with E-state index in [-0.39, 0.29) is 47.1 Å². The number of hydrogen-bond acceptors (Lipinski definition) is 4. The number of hydrogen-bond donors (Lipinski definition) is 3. The number of amides is 2. The van der Waals surface area contributed by atoms with Crippen LogP contribution in [0, 0.1) is 33.5 Å². The fraction of sp³-hybridized carbons (Fsp3) is 0.571. The van der Waals surface area contributed by atoms with Gasteiger partial charge in [0.05, 0.1) is 18.2 Å². The molecule has 48 heavy (non-hydrogen) atoms. The largest absolute Gasteiger partial charge is 0.393 e. The number of nitrogens with zero attached hydrogens (tertiary/aromatic N) is 1. The van der Waals surface area contributed by atoms with Gasteiger partial charge in [-0.1, -0.05) is 93.6 Å². The zero-order valence-corrected chi connectivity index (χ0v) is 29.5. The molecule has 3 fully saturated rings. The number of ketones is 1. The van der Waals surface area contributed by atoms with Crippen LogP contribution in [0.15, 0.2) is 78.4 Å². The van der Waals surface area contributed by atoms with E-state index in [0.29, 0.717) is 24.9 Å². The Hall–Kier alpha value is -3.22. The maximum atomic E-state index is 15.3. The van der Waals surface area contributed by atoms with Gasteiger partial charge >= 0.3 is 6.03 Å². The van der Waals surface area contributed by atoms with Crippen LogP contribution in [-0.2, 0) is 0 Å². The van der Waals surface area contributed by atoms with Gasteiger partial charge in [0.2, 0.25) is 0 Å². The molecule has 0 radical (unpaired) electrons. The van der Waals surface area contributed by atoms with Gasteiger partial charge in [0.1, 0.15) is 0 Å². The predicted octanol–water partition coefficient (Wildman–Crippen LogP) is 7.96. The number of allylic oxidation sites excluding steroid dienone is 4. The van der Waals surface area contributed by atoms with E-state index in [1.807, 2.05) is 61.2 Å². The average molecular weight is 651 g/mol. The molecule has 256 valence electrons. The summed E-state index contributed by atoms with van der Waals surface area (Å²) in [7, 11) is 0. The van der Waals surface area contributed by atoms with Crippen LogP contribution in [0.4, 0.5) is 4.79 Å². The molecule has 2 aromatic rings. The van der Waals surface area contributed by atoms with Gasteiger partial charge in [0.15, 0.2) is 5.78 Å². The zero-order chi connectivity index (χ0) is 34.1. The van der Waals surface area contributed by atoms with E-state index in [0.717, 1.165) is 55.2 Å². The second-order valence-electron chi connectivity index (χ2n) is 16.6. The first-order valence-electron chi connectivity index (χ1n) is 18.4. The van der Waals surface area contributed by atoms with Gasteiger partial charge in [-0.05, 0) is 93.6 Å². The lowest BCUT2D eigenvalue weighted by Crippen LogP contribution is -2.67. The number of carbonyl (C=O) groups excluding carboxylic acids is 2. The normalized spacial score (nSPS) is 37.8. The Morgan fingerprint density at radius 1 is 0.917 bits per heavy atom. The molecule has 0 aliphatic heterocycles. The van der Waals surface area contributed by atoms with Gasteiger partial charge in [-0.15, -0.1) is 0 Å². The second-order valence-corrected chi connectivity index (χ2v) is 16.6. The van der Waals surface area contributed by atoms with Crippen molar-refractivity contribution in [3.8, 4) is 11.1 Å². The Morgan fingerprint density at radius 2 is 1.58 bits per heavy atom. The van der Waals surface area contributed by atoms with Crippen LogP contribution in [0.1, 0.15) is 96.3 Å². The lowest BCUT2D eigenvalue weighted by molar-refractivity contribution is -0.174. The molecule has 2 amide bonds. The van der Waals surface area contributed by atoms with Crippen LogP contribution < -0.4 is 5.32 Å². The van der Waals surface area contributed by atoms with Crippen molar-refractivity contribution < 1.29 is 19.8 Å². The Labute approximate surface area is 286 Å². The molecule has 3 N–H and O–H groups in total. The number of aliphatic hydroxyl groups is 2. The molecule has 6 heteroatoms. The molecule has 8 rings (SSSR count). The molecule has 6 nitrogen and oxygen atoms in total. The molecule has 0 heterocycles. The molecule has 0 aromatic heterocycles. The average Bonchev–Trinajstić information content (AvgIpc) is 3.34. The molecule has 2 bridgehead atoms. The summed E-state index contributed by atoms with van der Waals surface area (Å²) in [5.41, 5.74) is 0.885. The van der Waals surface area contributed by atoms with Crippen LogP contribution in [-0.4, -0.2) is 57.8 Å². The molecular weight excluding hydrogens is 596 g/mol. The molecule has 3 saturated carbocycles. The summed E-state index contributed by atoms with van der Waals surface area (Å²) in [6.07, 6.45) is 12.9. The minimum atomic E-state index is -1.08. The van der Waals surface area contributed by atoms with Crippen molar-refractivity contribution in [2.24, 2.45) is 33.5 Å². The lowest BCUT2D eigenvalue weighted by Gasteiger charge is -2.71. The zero-order valence-electron chi connectivity index (χ0n) is 29.5. The van der Waals surface area contributed by atoms with Gasteiger partial charge in [-0.2, -0.15) is 0 Å². The molecular formula is C42H54N2O4. The van der Waals surface area contributed by atoms with Crippen molar-refractivity contribution in [2.45, 2.75) is 104 Å². The summed E-state index contributed by atoms with van der Waals surface area (Å²) in [5, 5.41) is 27.0. The van der Waals surface area contributed by atoms with E-state index in [4.69, 9.17) is 0 Å². The number of nitrogens with one attached hydrogen (secondary N) is 1. The van der Waals surface area contributed by atoms with Gasteiger partial charge in [-0.3, -0.25) is 4.79 Å². The fourth-order valence-electron chi connectivity index (χ4n) is 11.5. The van der Waals surface area contributed by atoms with Gasteiger partial charge in [0.25, 0.3) is 0 Å². The van der Waals surface area contributed by atoms with E-state index >= 15 is 4.79 Å². The number of urea groups is 1. The Kier molecular flexibility index (Phi) is 8.11. The van der Waals surface area contributed by atoms with Crippen molar-refractivity contribution in [2.75, 3.05) is 13.1 Å². The van der Waals surface area contributed by atoms with E-state index in [1.165, 1.54) is 0 Å². The van der Waals surface area contributed by atoms with Crippen LogP contribution in [0.25, 0.3) is 11.1 Å². The summed E-state index contributed by atoms with van der Waals surface area (Å²) in [6.45, 7) is 11.5. The number of benzene rings is 2. The third-order valence-electron chi connectivity index (χ3n) is 13.9. The van der Waals surface area contributed by atoms with Crippen molar-refractivity contribution in [3.05, 3.63) is 84.0 Å². The van der Waals surface area contributed by atoms with Crippen LogP contribution in [0.3, 0.4) is 0 Å². The quantitative estimate of drug-likeness (QED) is 0.200. The van der Waals surface area contributed by atoms with E-state index in [9.17, 15) is 15.0 Å². The number of aliphatic hydroxyl groups excluding tert-OH is 1.